The van der Waals surface area contributed by atoms with E-state index in [1.165, 1.54) is 0 Å². The van der Waals surface area contributed by atoms with E-state index in [0.29, 0.717) is 16.7 Å². The van der Waals surface area contributed by atoms with Crippen molar-refractivity contribution >= 4 is 23.2 Å². The van der Waals surface area contributed by atoms with E-state index < -0.39 is 0 Å². The van der Waals surface area contributed by atoms with Gasteiger partial charge in [-0.25, -0.2) is 0 Å². The van der Waals surface area contributed by atoms with Gasteiger partial charge in [0.1, 0.15) is 0 Å². The number of hydrogen-bond donors (Lipinski definition) is 0. The van der Waals surface area contributed by atoms with E-state index in [2.05, 4.69) is 12.7 Å². The Morgan fingerprint density at radius 3 is 2.85 bits per heavy atom. The molecule has 0 amide bonds. The van der Waals surface area contributed by atoms with Gasteiger partial charge in [-0.3, -0.25) is 0 Å². The first kappa shape index (κ1) is 15.6. The summed E-state index contributed by atoms with van der Waals surface area (Å²) in [5.74, 6) is 0. The maximum Gasteiger partial charge on any atom is 0.184 e. The van der Waals surface area contributed by atoms with Crippen molar-refractivity contribution < 1.29 is 9.47 Å². The van der Waals surface area contributed by atoms with E-state index in [1.807, 2.05) is 19.1 Å². The molecule has 1 heterocycles. The minimum Gasteiger partial charge on any atom is -0.349 e. The second-order valence-corrected chi connectivity index (χ2v) is 5.39. The average Bonchev–Trinajstić information content (AvgIpc) is 2.64. The Labute approximate surface area is 130 Å². The van der Waals surface area contributed by atoms with Crippen LogP contribution in [0.25, 0.3) is 0 Å². The van der Waals surface area contributed by atoms with Crippen molar-refractivity contribution in [2.24, 2.45) is 0 Å². The summed E-state index contributed by atoms with van der Waals surface area (Å²) in [5.41, 5.74) is 2.00. The third kappa shape index (κ3) is 3.64. The lowest BCUT2D eigenvalue weighted by Gasteiger charge is -2.23. The van der Waals surface area contributed by atoms with Gasteiger partial charge >= 0.3 is 0 Å². The second-order valence-electron chi connectivity index (χ2n) is 4.57. The molecule has 0 saturated heterocycles. The molecular formula is C16H18Cl2O2. The minimum absolute atomic E-state index is 0.0602. The molecule has 0 spiro atoms. The molecule has 108 valence electrons. The Morgan fingerprint density at radius 2 is 2.20 bits per heavy atom. The standard InChI is InChI=1S/C16H18Cl2O2/c1-3-11-6-5-7-15(20-16(11)19-4-2)12-8-9-13(17)14(18)10-12/h3,6,8-10,15-16H,1,4-5,7H2,2H3/t15-,16+/m0/s1. The zero-order valence-electron chi connectivity index (χ0n) is 11.4. The highest BCUT2D eigenvalue weighted by Crippen LogP contribution is 2.33. The lowest BCUT2D eigenvalue weighted by Crippen LogP contribution is -2.20. The molecule has 1 aliphatic heterocycles. The van der Waals surface area contributed by atoms with Crippen LogP contribution in [0.1, 0.15) is 31.4 Å². The fourth-order valence-electron chi connectivity index (χ4n) is 2.22. The summed E-state index contributed by atoms with van der Waals surface area (Å²) in [7, 11) is 0. The van der Waals surface area contributed by atoms with Crippen LogP contribution in [0.4, 0.5) is 0 Å². The van der Waals surface area contributed by atoms with E-state index in [4.69, 9.17) is 32.7 Å². The van der Waals surface area contributed by atoms with Crippen LogP contribution >= 0.6 is 23.2 Å². The molecule has 0 aromatic heterocycles. The molecule has 1 aliphatic rings. The average molecular weight is 313 g/mol. The molecule has 0 N–H and O–H groups in total. The van der Waals surface area contributed by atoms with E-state index in [1.54, 1.807) is 12.1 Å². The van der Waals surface area contributed by atoms with Crippen molar-refractivity contribution in [3.63, 3.8) is 0 Å². The molecule has 20 heavy (non-hydrogen) atoms. The number of hydrogen-bond acceptors (Lipinski definition) is 2. The predicted octanol–water partition coefficient (Wildman–Crippen LogP) is 5.32. The Bertz CT molecular complexity index is 511. The summed E-state index contributed by atoms with van der Waals surface area (Å²) in [5, 5.41) is 1.09. The van der Waals surface area contributed by atoms with Gasteiger partial charge < -0.3 is 9.47 Å². The largest absolute Gasteiger partial charge is 0.349 e. The molecule has 2 rings (SSSR count). The third-order valence-corrected chi connectivity index (χ3v) is 3.98. The van der Waals surface area contributed by atoms with E-state index >= 15 is 0 Å². The SMILES string of the molecule is C=CC1=CCC[C@@H](c2ccc(Cl)c(Cl)c2)O[C@H]1OCC. The summed E-state index contributed by atoms with van der Waals surface area (Å²) in [6.07, 6.45) is 5.26. The number of rotatable bonds is 4. The molecule has 2 atom stereocenters. The quantitative estimate of drug-likeness (QED) is 0.749. The number of halogens is 2. The maximum absolute atomic E-state index is 6.08. The fraction of sp³-hybridized carbons (Fsp3) is 0.375. The number of benzene rings is 1. The molecule has 0 unspecified atom stereocenters. The van der Waals surface area contributed by atoms with Crippen LogP contribution in [-0.2, 0) is 9.47 Å². The zero-order valence-corrected chi connectivity index (χ0v) is 13.0. The van der Waals surface area contributed by atoms with Gasteiger partial charge in [-0.05, 0) is 37.5 Å². The molecule has 4 heteroatoms. The topological polar surface area (TPSA) is 18.5 Å². The van der Waals surface area contributed by atoms with Gasteiger partial charge in [0.05, 0.1) is 16.1 Å². The molecule has 0 aliphatic carbocycles. The van der Waals surface area contributed by atoms with E-state index in [0.717, 1.165) is 24.0 Å². The highest BCUT2D eigenvalue weighted by molar-refractivity contribution is 6.42. The van der Waals surface area contributed by atoms with Crippen LogP contribution < -0.4 is 0 Å². The summed E-state index contributed by atoms with van der Waals surface area (Å²) >= 11 is 12.0. The van der Waals surface area contributed by atoms with Crippen LogP contribution in [-0.4, -0.2) is 12.9 Å². The molecule has 1 aromatic carbocycles. The van der Waals surface area contributed by atoms with Gasteiger partial charge in [0, 0.05) is 12.2 Å². The Kier molecular flexibility index (Phi) is 5.67. The molecule has 2 nitrogen and oxygen atoms in total. The van der Waals surface area contributed by atoms with Crippen LogP contribution in [0.3, 0.4) is 0 Å². The van der Waals surface area contributed by atoms with Gasteiger partial charge in [-0.1, -0.05) is 48.0 Å². The fourth-order valence-corrected chi connectivity index (χ4v) is 2.52. The van der Waals surface area contributed by atoms with E-state index in [-0.39, 0.29) is 12.4 Å². The Morgan fingerprint density at radius 1 is 1.40 bits per heavy atom. The predicted molar refractivity (Wildman–Crippen MR) is 83.2 cm³/mol. The van der Waals surface area contributed by atoms with Gasteiger partial charge in [0.15, 0.2) is 6.29 Å². The van der Waals surface area contributed by atoms with Gasteiger partial charge in [-0.2, -0.15) is 0 Å². The highest BCUT2D eigenvalue weighted by atomic mass is 35.5. The van der Waals surface area contributed by atoms with Gasteiger partial charge in [-0.15, -0.1) is 0 Å². The van der Waals surface area contributed by atoms with Crippen LogP contribution in [0.2, 0.25) is 10.0 Å². The van der Waals surface area contributed by atoms with Crippen molar-refractivity contribution in [3.8, 4) is 0 Å². The molecule has 1 aromatic rings. The Balaban J connectivity index is 2.21. The van der Waals surface area contributed by atoms with Gasteiger partial charge in [0.2, 0.25) is 0 Å². The zero-order chi connectivity index (χ0) is 14.5. The first-order valence-electron chi connectivity index (χ1n) is 6.70. The van der Waals surface area contributed by atoms with Gasteiger partial charge in [0.25, 0.3) is 0 Å². The third-order valence-electron chi connectivity index (χ3n) is 3.24. The lowest BCUT2D eigenvalue weighted by atomic mass is 10.0. The summed E-state index contributed by atoms with van der Waals surface area (Å²) in [6, 6.07) is 5.60. The molecule has 0 saturated carbocycles. The smallest absolute Gasteiger partial charge is 0.184 e. The second kappa shape index (κ2) is 7.28. The molecular weight excluding hydrogens is 295 g/mol. The van der Waals surface area contributed by atoms with Crippen LogP contribution in [0, 0.1) is 0 Å². The maximum atomic E-state index is 6.08. The monoisotopic (exact) mass is 312 g/mol. The molecule has 0 bridgehead atoms. The number of ether oxygens (including phenoxy) is 2. The van der Waals surface area contributed by atoms with Crippen molar-refractivity contribution in [1.82, 2.24) is 0 Å². The van der Waals surface area contributed by atoms with Crippen LogP contribution in [0.5, 0.6) is 0 Å². The van der Waals surface area contributed by atoms with Crippen molar-refractivity contribution in [2.45, 2.75) is 32.2 Å². The molecule has 0 fully saturated rings. The Hall–Kier alpha value is -0.800. The summed E-state index contributed by atoms with van der Waals surface area (Å²) < 4.78 is 11.7. The van der Waals surface area contributed by atoms with E-state index in [9.17, 15) is 0 Å². The number of allylic oxidation sites excluding steroid dienone is 1. The highest BCUT2D eigenvalue weighted by Gasteiger charge is 2.23. The van der Waals surface area contributed by atoms with Crippen molar-refractivity contribution in [3.05, 3.63) is 58.1 Å². The first-order chi connectivity index (χ1) is 9.65. The normalized spacial score (nSPS) is 23.1. The lowest BCUT2D eigenvalue weighted by molar-refractivity contribution is -0.145. The summed E-state index contributed by atoms with van der Waals surface area (Å²) in [4.78, 5) is 0. The van der Waals surface area contributed by atoms with Crippen molar-refractivity contribution in [1.29, 1.82) is 0 Å². The van der Waals surface area contributed by atoms with Crippen LogP contribution in [0.15, 0.2) is 42.5 Å². The first-order valence-corrected chi connectivity index (χ1v) is 7.45. The summed E-state index contributed by atoms with van der Waals surface area (Å²) in [6.45, 7) is 6.35. The minimum atomic E-state index is -0.376. The van der Waals surface area contributed by atoms with Crippen molar-refractivity contribution in [2.75, 3.05) is 6.61 Å². The molecule has 0 radical (unpaired) electrons.